The monoisotopic (exact) mass is 840 g/mol. The number of ether oxygens (including phenoxy) is 1. The van der Waals surface area contributed by atoms with Gasteiger partial charge in [0.1, 0.15) is 0 Å². The Morgan fingerprint density at radius 1 is 0.556 bits per heavy atom. The van der Waals surface area contributed by atoms with E-state index in [2.05, 4.69) is 11.3 Å². The van der Waals surface area contributed by atoms with Gasteiger partial charge in [0.05, 0.1) is 24.2 Å². The van der Waals surface area contributed by atoms with Crippen molar-refractivity contribution in [1.29, 1.82) is 0 Å². The second kappa shape index (κ2) is 12.5. The first-order chi connectivity index (χ1) is 23.8. The first kappa shape index (κ1) is 44.3. The van der Waals surface area contributed by atoms with Gasteiger partial charge in [0.25, 0.3) is 0 Å². The Morgan fingerprint density at radius 2 is 0.926 bits per heavy atom. The third-order valence-electron chi connectivity index (χ3n) is 7.67. The van der Waals surface area contributed by atoms with Gasteiger partial charge in [-0.3, -0.25) is 0 Å². The summed E-state index contributed by atoms with van der Waals surface area (Å²) < 4.78 is 368. The lowest BCUT2D eigenvalue weighted by atomic mass is 9.77. The van der Waals surface area contributed by atoms with Gasteiger partial charge < -0.3 is 4.74 Å². The standard InChI is InChI=1S/C27H9F25O2/c1-5(2)18(53)54-4-3-19(35,36)22(40,41)24(44,45)26(48,49)25(46,47)23(42,43)21(39,27(50,51)52)10-8-6(11(28)15(32)14(10)31)7-9(20(8,37)38)13(30)17(34)16(33)12(7)29/h1,3-4H2,2H3. The van der Waals surface area contributed by atoms with E-state index >= 15 is 22.0 Å². The number of carbonyl (C=O) groups is 1. The number of esters is 1. The first-order valence-electron chi connectivity index (χ1n) is 13.1. The molecule has 2 aromatic carbocycles. The molecule has 27 heteroatoms. The Morgan fingerprint density at radius 3 is 1.35 bits per heavy atom. The molecule has 0 radical (unpaired) electrons. The molecule has 304 valence electrons. The molecule has 0 spiro atoms. The van der Waals surface area contributed by atoms with Crippen LogP contribution >= 0.6 is 0 Å². The second-order valence-corrected chi connectivity index (χ2v) is 11.0. The van der Waals surface area contributed by atoms with E-state index in [-0.39, 0.29) is 0 Å². The highest BCUT2D eigenvalue weighted by Crippen LogP contribution is 2.69. The molecule has 1 aliphatic rings. The number of rotatable bonds is 11. The average molecular weight is 840 g/mol. The largest absolute Gasteiger partial charge is 0.462 e. The van der Waals surface area contributed by atoms with Crippen molar-refractivity contribution >= 4 is 5.97 Å². The topological polar surface area (TPSA) is 26.3 Å². The number of carbonyl (C=O) groups excluding carboxylic acids is 1. The molecule has 0 N–H and O–H groups in total. The molecule has 1 unspecified atom stereocenters. The fraction of sp³-hybridized carbons (Fsp3) is 0.444. The molecule has 0 bridgehead atoms. The molecule has 0 amide bonds. The van der Waals surface area contributed by atoms with Crippen molar-refractivity contribution in [2.75, 3.05) is 6.61 Å². The van der Waals surface area contributed by atoms with Crippen LogP contribution in [0.4, 0.5) is 110 Å². The van der Waals surface area contributed by atoms with E-state index < -0.39 is 146 Å². The van der Waals surface area contributed by atoms with Crippen LogP contribution in [-0.4, -0.2) is 54.3 Å². The number of alkyl halides is 18. The molecular formula is C27H9F25O2. The van der Waals surface area contributed by atoms with E-state index in [9.17, 15) is 92.6 Å². The zero-order chi connectivity index (χ0) is 42.7. The molecular weight excluding hydrogens is 831 g/mol. The van der Waals surface area contributed by atoms with Gasteiger partial charge in [-0.1, -0.05) is 6.58 Å². The summed E-state index contributed by atoms with van der Waals surface area (Å²) in [6, 6.07) is 0. The van der Waals surface area contributed by atoms with Crippen LogP contribution in [0.2, 0.25) is 0 Å². The Kier molecular flexibility index (Phi) is 10.2. The highest BCUT2D eigenvalue weighted by atomic mass is 19.4. The summed E-state index contributed by atoms with van der Waals surface area (Å²) in [5.41, 5.74) is -28.7. The number of fused-ring (bicyclic) bond motifs is 3. The lowest BCUT2D eigenvalue weighted by molar-refractivity contribution is -0.450. The molecule has 3 rings (SSSR count). The molecule has 0 fully saturated rings. The summed E-state index contributed by atoms with van der Waals surface area (Å²) in [4.78, 5) is 11.1. The molecule has 0 saturated carbocycles. The van der Waals surface area contributed by atoms with E-state index in [0.717, 1.165) is 6.92 Å². The van der Waals surface area contributed by atoms with Gasteiger partial charge in [0, 0.05) is 22.3 Å². The molecule has 0 aromatic heterocycles. The molecule has 2 aromatic rings. The van der Waals surface area contributed by atoms with Gasteiger partial charge in [0.15, 0.2) is 40.7 Å². The van der Waals surface area contributed by atoms with Crippen LogP contribution in [0.3, 0.4) is 0 Å². The lowest BCUT2D eigenvalue weighted by Crippen LogP contribution is -2.74. The summed E-state index contributed by atoms with van der Waals surface area (Å²) in [6.45, 7) is 1.29. The van der Waals surface area contributed by atoms with Gasteiger partial charge in [-0.25, -0.2) is 39.9 Å². The van der Waals surface area contributed by atoms with Crippen molar-refractivity contribution in [3.63, 3.8) is 0 Å². The summed E-state index contributed by atoms with van der Waals surface area (Å²) in [6.07, 6.45) is -11.7. The Bertz CT molecular complexity index is 1910. The van der Waals surface area contributed by atoms with E-state index in [0.29, 0.717) is 0 Å². The van der Waals surface area contributed by atoms with Crippen molar-refractivity contribution in [2.45, 2.75) is 66.6 Å². The third-order valence-corrected chi connectivity index (χ3v) is 7.67. The van der Waals surface area contributed by atoms with Crippen molar-refractivity contribution < 1.29 is 119 Å². The van der Waals surface area contributed by atoms with Gasteiger partial charge in [-0.2, -0.15) is 74.6 Å². The zero-order valence-electron chi connectivity index (χ0n) is 24.9. The lowest BCUT2D eigenvalue weighted by Gasteiger charge is -2.45. The number of hydrogen-bond donors (Lipinski definition) is 0. The molecule has 1 aliphatic carbocycles. The van der Waals surface area contributed by atoms with E-state index in [1.807, 2.05) is 0 Å². The SMILES string of the molecule is C=C(C)C(=O)OCCC(F)(F)C(F)(F)C(F)(F)C(F)(F)C(F)(F)C(F)(F)C(F)(c1c(F)c(F)c(F)c2c1C(F)(F)c1c(F)c(F)c(F)c(F)c1-2)C(F)(F)F. The van der Waals surface area contributed by atoms with Gasteiger partial charge >= 0.3 is 59.3 Å². The first-order valence-corrected chi connectivity index (χ1v) is 13.1. The summed E-state index contributed by atoms with van der Waals surface area (Å²) in [7, 11) is 0. The summed E-state index contributed by atoms with van der Waals surface area (Å²) in [5, 5.41) is 0. The van der Waals surface area contributed by atoms with E-state index in [1.165, 1.54) is 0 Å². The van der Waals surface area contributed by atoms with Crippen molar-refractivity contribution in [3.05, 3.63) is 69.6 Å². The summed E-state index contributed by atoms with van der Waals surface area (Å²) in [5.74, 6) is -86.8. The maximum absolute atomic E-state index is 15.9. The maximum Gasteiger partial charge on any atom is 0.433 e. The number of halogens is 25. The minimum Gasteiger partial charge on any atom is -0.462 e. The summed E-state index contributed by atoms with van der Waals surface area (Å²) >= 11 is 0. The minimum atomic E-state index is -9.39. The fourth-order valence-electron chi connectivity index (χ4n) is 4.89. The van der Waals surface area contributed by atoms with E-state index in [1.54, 1.807) is 0 Å². The smallest absolute Gasteiger partial charge is 0.433 e. The molecule has 2 nitrogen and oxygen atoms in total. The third kappa shape index (κ3) is 5.38. The highest BCUT2D eigenvalue weighted by Gasteiger charge is 2.95. The molecule has 0 saturated heterocycles. The quantitative estimate of drug-likeness (QED) is 0.0741. The average Bonchev–Trinajstić information content (AvgIpc) is 3.27. The van der Waals surface area contributed by atoms with Crippen molar-refractivity contribution in [3.8, 4) is 11.1 Å². The Labute approximate surface area is 280 Å². The van der Waals surface area contributed by atoms with Crippen LogP contribution in [-0.2, 0) is 21.1 Å². The van der Waals surface area contributed by atoms with Crippen LogP contribution < -0.4 is 0 Å². The second-order valence-electron chi connectivity index (χ2n) is 11.0. The highest BCUT2D eigenvalue weighted by molar-refractivity contribution is 5.87. The normalized spacial score (nSPS) is 16.6. The van der Waals surface area contributed by atoms with Crippen LogP contribution in [0.15, 0.2) is 12.2 Å². The van der Waals surface area contributed by atoms with Crippen molar-refractivity contribution in [2.24, 2.45) is 0 Å². The van der Waals surface area contributed by atoms with Gasteiger partial charge in [-0.15, -0.1) is 0 Å². The zero-order valence-corrected chi connectivity index (χ0v) is 24.9. The van der Waals surface area contributed by atoms with Crippen LogP contribution in [0, 0.1) is 40.7 Å². The molecule has 0 aliphatic heterocycles. The van der Waals surface area contributed by atoms with Crippen LogP contribution in [0.1, 0.15) is 30.0 Å². The van der Waals surface area contributed by atoms with Crippen LogP contribution in [0.25, 0.3) is 11.1 Å². The Balaban J connectivity index is 2.44. The minimum absolute atomic E-state index is 0.731. The molecule has 0 heterocycles. The van der Waals surface area contributed by atoms with Crippen LogP contribution in [0.5, 0.6) is 0 Å². The molecule has 54 heavy (non-hydrogen) atoms. The predicted molar refractivity (Wildman–Crippen MR) is 123 cm³/mol. The van der Waals surface area contributed by atoms with Gasteiger partial charge in [0.2, 0.25) is 0 Å². The number of benzene rings is 2. The van der Waals surface area contributed by atoms with E-state index in [4.69, 9.17) is 0 Å². The van der Waals surface area contributed by atoms with Gasteiger partial charge in [-0.05, 0) is 6.92 Å². The maximum atomic E-state index is 15.9. The molecule has 1 atom stereocenters. The Hall–Kier alpha value is -4.10. The predicted octanol–water partition coefficient (Wildman–Crippen LogP) is 10.8. The number of hydrogen-bond acceptors (Lipinski definition) is 2. The van der Waals surface area contributed by atoms with Crippen molar-refractivity contribution in [1.82, 2.24) is 0 Å². The fourth-order valence-corrected chi connectivity index (χ4v) is 4.89.